The molecule has 0 bridgehead atoms. The summed E-state index contributed by atoms with van der Waals surface area (Å²) in [5, 5.41) is 2.57. The zero-order valence-electron chi connectivity index (χ0n) is 8.57. The van der Waals surface area contributed by atoms with Gasteiger partial charge in [-0.15, -0.1) is 0 Å². The second-order valence-corrected chi connectivity index (χ2v) is 3.25. The highest BCUT2D eigenvalue weighted by Crippen LogP contribution is 2.09. The number of ether oxygens (including phenoxy) is 1. The lowest BCUT2D eigenvalue weighted by Crippen LogP contribution is -2.19. The molecule has 0 unspecified atom stereocenters. The van der Waals surface area contributed by atoms with E-state index < -0.39 is 6.09 Å². The molecule has 14 heavy (non-hydrogen) atoms. The Morgan fingerprint density at radius 3 is 2.86 bits per heavy atom. The van der Waals surface area contributed by atoms with E-state index in [1.165, 1.54) is 0 Å². The van der Waals surface area contributed by atoms with Crippen molar-refractivity contribution >= 4 is 11.9 Å². The van der Waals surface area contributed by atoms with E-state index in [2.05, 4.69) is 10.3 Å². The number of pyridine rings is 1. The first-order valence-corrected chi connectivity index (χ1v) is 4.49. The predicted molar refractivity (Wildman–Crippen MR) is 54.2 cm³/mol. The summed E-state index contributed by atoms with van der Waals surface area (Å²) in [7, 11) is 0. The van der Waals surface area contributed by atoms with Crippen molar-refractivity contribution in [3.8, 4) is 0 Å². The van der Waals surface area contributed by atoms with Crippen LogP contribution in [0.15, 0.2) is 18.3 Å². The van der Waals surface area contributed by atoms with Gasteiger partial charge in [0.1, 0.15) is 5.82 Å². The molecule has 1 N–H and O–H groups in total. The maximum absolute atomic E-state index is 11.2. The lowest BCUT2D eigenvalue weighted by molar-refractivity contribution is 0.130. The quantitative estimate of drug-likeness (QED) is 0.786. The van der Waals surface area contributed by atoms with Gasteiger partial charge in [0.25, 0.3) is 0 Å². The Hall–Kier alpha value is -1.58. The zero-order chi connectivity index (χ0) is 10.6. The first-order chi connectivity index (χ1) is 6.59. The van der Waals surface area contributed by atoms with Crippen LogP contribution in [0.5, 0.6) is 0 Å². The molecule has 0 saturated heterocycles. The Balaban J connectivity index is 2.61. The van der Waals surface area contributed by atoms with E-state index >= 15 is 0 Å². The molecule has 0 aromatic carbocycles. The fourth-order valence-corrected chi connectivity index (χ4v) is 0.957. The molecule has 1 heterocycles. The van der Waals surface area contributed by atoms with E-state index in [1.807, 2.05) is 19.1 Å². The summed E-state index contributed by atoms with van der Waals surface area (Å²) in [6, 6.07) is 3.69. The average molecular weight is 194 g/mol. The number of nitrogens with zero attached hydrogens (tertiary/aromatic N) is 1. The molecule has 1 aromatic heterocycles. The van der Waals surface area contributed by atoms with Gasteiger partial charge in [-0.1, -0.05) is 6.07 Å². The monoisotopic (exact) mass is 194 g/mol. The van der Waals surface area contributed by atoms with Gasteiger partial charge in [-0.05, 0) is 32.4 Å². The second kappa shape index (κ2) is 4.60. The van der Waals surface area contributed by atoms with Gasteiger partial charge in [0.05, 0.1) is 6.10 Å². The van der Waals surface area contributed by atoms with Crippen molar-refractivity contribution in [2.75, 3.05) is 5.32 Å². The number of hydrogen-bond donors (Lipinski definition) is 1. The standard InChI is InChI=1S/C10H14N2O2/c1-7(2)14-10(13)12-9-8(3)5-4-6-11-9/h4-7H,1-3H3,(H,11,12,13). The SMILES string of the molecule is Cc1cccnc1NC(=O)OC(C)C. The van der Waals surface area contributed by atoms with Crippen LogP contribution in [-0.2, 0) is 4.74 Å². The zero-order valence-corrected chi connectivity index (χ0v) is 8.57. The molecule has 1 aromatic rings. The van der Waals surface area contributed by atoms with Gasteiger partial charge in [0.15, 0.2) is 0 Å². The van der Waals surface area contributed by atoms with Crippen molar-refractivity contribution in [3.05, 3.63) is 23.9 Å². The highest BCUT2D eigenvalue weighted by atomic mass is 16.6. The van der Waals surface area contributed by atoms with Crippen LogP contribution in [-0.4, -0.2) is 17.2 Å². The number of rotatable bonds is 2. The molecule has 0 saturated carbocycles. The molecular formula is C10H14N2O2. The summed E-state index contributed by atoms with van der Waals surface area (Å²) in [5.74, 6) is 0.540. The van der Waals surface area contributed by atoms with Gasteiger partial charge in [0, 0.05) is 6.20 Å². The van der Waals surface area contributed by atoms with Crippen LogP contribution in [0.3, 0.4) is 0 Å². The molecule has 4 nitrogen and oxygen atoms in total. The topological polar surface area (TPSA) is 51.2 Å². The summed E-state index contributed by atoms with van der Waals surface area (Å²) >= 11 is 0. The van der Waals surface area contributed by atoms with E-state index in [0.717, 1.165) is 5.56 Å². The number of nitrogens with one attached hydrogen (secondary N) is 1. The van der Waals surface area contributed by atoms with Crippen LogP contribution < -0.4 is 5.32 Å². The molecule has 4 heteroatoms. The molecule has 0 radical (unpaired) electrons. The maximum atomic E-state index is 11.2. The van der Waals surface area contributed by atoms with E-state index in [-0.39, 0.29) is 6.10 Å². The molecule has 0 aliphatic rings. The van der Waals surface area contributed by atoms with Crippen molar-refractivity contribution in [1.82, 2.24) is 4.98 Å². The number of aromatic nitrogens is 1. The summed E-state index contributed by atoms with van der Waals surface area (Å²) < 4.78 is 4.92. The smallest absolute Gasteiger partial charge is 0.413 e. The van der Waals surface area contributed by atoms with E-state index in [0.29, 0.717) is 5.82 Å². The third-order valence-corrected chi connectivity index (χ3v) is 1.57. The molecule has 0 spiro atoms. The summed E-state index contributed by atoms with van der Waals surface area (Å²) in [5.41, 5.74) is 0.910. The molecule has 76 valence electrons. The van der Waals surface area contributed by atoms with Gasteiger partial charge < -0.3 is 4.74 Å². The molecule has 0 aliphatic carbocycles. The minimum Gasteiger partial charge on any atom is -0.447 e. The Kier molecular flexibility index (Phi) is 3.45. The molecular weight excluding hydrogens is 180 g/mol. The van der Waals surface area contributed by atoms with Crippen LogP contribution in [0.25, 0.3) is 0 Å². The minimum atomic E-state index is -0.471. The van der Waals surface area contributed by atoms with Crippen molar-refractivity contribution in [3.63, 3.8) is 0 Å². The Morgan fingerprint density at radius 2 is 2.29 bits per heavy atom. The lowest BCUT2D eigenvalue weighted by atomic mass is 10.3. The van der Waals surface area contributed by atoms with Gasteiger partial charge in [0.2, 0.25) is 0 Å². The van der Waals surface area contributed by atoms with Gasteiger partial charge >= 0.3 is 6.09 Å². The van der Waals surface area contributed by atoms with Crippen molar-refractivity contribution in [2.45, 2.75) is 26.9 Å². The fourth-order valence-electron chi connectivity index (χ4n) is 0.957. The summed E-state index contributed by atoms with van der Waals surface area (Å²) in [6.45, 7) is 5.47. The number of anilines is 1. The van der Waals surface area contributed by atoms with Crippen LogP contribution >= 0.6 is 0 Å². The van der Waals surface area contributed by atoms with Crippen molar-refractivity contribution in [1.29, 1.82) is 0 Å². The second-order valence-electron chi connectivity index (χ2n) is 3.25. The average Bonchev–Trinajstić information content (AvgIpc) is 2.07. The van der Waals surface area contributed by atoms with Crippen LogP contribution in [0.1, 0.15) is 19.4 Å². The number of hydrogen-bond acceptors (Lipinski definition) is 3. The molecule has 1 rings (SSSR count). The highest BCUT2D eigenvalue weighted by molar-refractivity contribution is 5.84. The molecule has 0 atom stereocenters. The first kappa shape index (κ1) is 10.5. The first-order valence-electron chi connectivity index (χ1n) is 4.49. The Labute approximate surface area is 83.3 Å². The van der Waals surface area contributed by atoms with Crippen LogP contribution in [0.4, 0.5) is 10.6 Å². The number of aryl methyl sites for hydroxylation is 1. The third-order valence-electron chi connectivity index (χ3n) is 1.57. The predicted octanol–water partition coefficient (Wildman–Crippen LogP) is 2.35. The number of amides is 1. The van der Waals surface area contributed by atoms with Crippen molar-refractivity contribution < 1.29 is 9.53 Å². The largest absolute Gasteiger partial charge is 0.447 e. The van der Waals surface area contributed by atoms with E-state index in [4.69, 9.17) is 4.74 Å². The molecule has 0 aliphatic heterocycles. The minimum absolute atomic E-state index is 0.126. The highest BCUT2D eigenvalue weighted by Gasteiger charge is 2.07. The van der Waals surface area contributed by atoms with E-state index in [1.54, 1.807) is 20.0 Å². The summed E-state index contributed by atoms with van der Waals surface area (Å²) in [6.07, 6.45) is 1.03. The number of carbonyl (C=O) groups excluding carboxylic acids is 1. The van der Waals surface area contributed by atoms with E-state index in [9.17, 15) is 4.79 Å². The van der Waals surface area contributed by atoms with Crippen LogP contribution in [0.2, 0.25) is 0 Å². The maximum Gasteiger partial charge on any atom is 0.413 e. The molecule has 1 amide bonds. The normalized spacial score (nSPS) is 10.0. The lowest BCUT2D eigenvalue weighted by Gasteiger charge is -2.09. The van der Waals surface area contributed by atoms with Crippen molar-refractivity contribution in [2.24, 2.45) is 0 Å². The Morgan fingerprint density at radius 1 is 1.57 bits per heavy atom. The Bertz CT molecular complexity index is 324. The van der Waals surface area contributed by atoms with Gasteiger partial charge in [-0.25, -0.2) is 9.78 Å². The van der Waals surface area contributed by atoms with Crippen LogP contribution in [0, 0.1) is 6.92 Å². The third kappa shape index (κ3) is 3.05. The molecule has 0 fully saturated rings. The van der Waals surface area contributed by atoms with Gasteiger partial charge in [-0.3, -0.25) is 5.32 Å². The fraction of sp³-hybridized carbons (Fsp3) is 0.400. The number of carbonyl (C=O) groups is 1. The summed E-state index contributed by atoms with van der Waals surface area (Å²) in [4.78, 5) is 15.2. The van der Waals surface area contributed by atoms with Gasteiger partial charge in [-0.2, -0.15) is 0 Å².